The van der Waals surface area contributed by atoms with E-state index in [9.17, 15) is 4.79 Å². The van der Waals surface area contributed by atoms with Crippen LogP contribution in [0.5, 0.6) is 0 Å². The second-order valence-corrected chi connectivity index (χ2v) is 9.89. The minimum atomic E-state index is -0.0675. The van der Waals surface area contributed by atoms with E-state index in [0.717, 1.165) is 92.8 Å². The highest BCUT2D eigenvalue weighted by atomic mass is 16.1. The number of aryl methyl sites for hydroxylation is 1. The summed E-state index contributed by atoms with van der Waals surface area (Å²) < 4.78 is 0. The van der Waals surface area contributed by atoms with Gasteiger partial charge in [-0.3, -0.25) is 4.79 Å². The maximum Gasteiger partial charge on any atom is 0.255 e. The number of H-pyrrole nitrogens is 1. The number of aromatic amines is 1. The standard InChI is InChI=1S/C26H36N8O/c1-2-4-20-15-21-23(31-18-7-5-17(27)6-8-18)22(16-30-24(21)32-20)25(35)33-19-9-13-34(14-10-19)26-28-11-3-12-29-26/h3,11-12,15-19H,2,4-10,13-14,27H2,1H3,(H,33,35)(H2,30,31,32)/t17-,18-. The number of fused-ring (bicyclic) bond motifs is 1. The molecule has 3 aromatic rings. The topological polar surface area (TPSA) is 125 Å². The molecule has 4 heterocycles. The number of carbonyl (C=O) groups excluding carboxylic acids is 1. The number of piperidine rings is 1. The van der Waals surface area contributed by atoms with Gasteiger partial charge >= 0.3 is 0 Å². The number of pyridine rings is 1. The summed E-state index contributed by atoms with van der Waals surface area (Å²) >= 11 is 0. The molecular weight excluding hydrogens is 440 g/mol. The third-order valence-corrected chi connectivity index (χ3v) is 7.26. The first-order valence-corrected chi connectivity index (χ1v) is 13.0. The van der Waals surface area contributed by atoms with Crippen LogP contribution in [-0.4, -0.2) is 57.1 Å². The molecule has 5 N–H and O–H groups in total. The zero-order valence-corrected chi connectivity index (χ0v) is 20.5. The summed E-state index contributed by atoms with van der Waals surface area (Å²) in [5.41, 5.74) is 9.61. The lowest BCUT2D eigenvalue weighted by atomic mass is 9.91. The largest absolute Gasteiger partial charge is 0.381 e. The number of hydrogen-bond acceptors (Lipinski definition) is 7. The van der Waals surface area contributed by atoms with Crippen LogP contribution >= 0.6 is 0 Å². The highest BCUT2D eigenvalue weighted by Crippen LogP contribution is 2.31. The molecule has 1 amide bonds. The van der Waals surface area contributed by atoms with Crippen LogP contribution in [0.15, 0.2) is 30.7 Å². The number of amides is 1. The number of carbonyl (C=O) groups is 1. The van der Waals surface area contributed by atoms with Gasteiger partial charge in [0.2, 0.25) is 5.95 Å². The first kappa shape index (κ1) is 23.5. The van der Waals surface area contributed by atoms with Gasteiger partial charge in [0.05, 0.1) is 11.3 Å². The number of anilines is 2. The lowest BCUT2D eigenvalue weighted by Gasteiger charge is -2.32. The lowest BCUT2D eigenvalue weighted by Crippen LogP contribution is -2.45. The number of rotatable bonds is 7. The fourth-order valence-corrected chi connectivity index (χ4v) is 5.27. The summed E-state index contributed by atoms with van der Waals surface area (Å²) in [4.78, 5) is 32.4. The normalized spacial score (nSPS) is 21.3. The van der Waals surface area contributed by atoms with E-state index in [1.807, 2.05) is 6.07 Å². The van der Waals surface area contributed by atoms with Gasteiger partial charge in [-0.15, -0.1) is 0 Å². The van der Waals surface area contributed by atoms with Crippen LogP contribution in [0.2, 0.25) is 0 Å². The van der Waals surface area contributed by atoms with Gasteiger partial charge in [0, 0.05) is 60.9 Å². The van der Waals surface area contributed by atoms with Crippen molar-refractivity contribution >= 4 is 28.6 Å². The smallest absolute Gasteiger partial charge is 0.255 e. The Hall–Kier alpha value is -3.20. The fourth-order valence-electron chi connectivity index (χ4n) is 5.27. The van der Waals surface area contributed by atoms with Crippen molar-refractivity contribution in [3.8, 4) is 0 Å². The number of nitrogens with two attached hydrogens (primary N) is 1. The summed E-state index contributed by atoms with van der Waals surface area (Å²) in [7, 11) is 0. The Morgan fingerprint density at radius 3 is 2.54 bits per heavy atom. The molecule has 0 radical (unpaired) electrons. The molecule has 186 valence electrons. The Kier molecular flexibility index (Phi) is 7.13. The van der Waals surface area contributed by atoms with Gasteiger partial charge in [0.15, 0.2) is 0 Å². The van der Waals surface area contributed by atoms with Crippen LogP contribution in [0, 0.1) is 0 Å². The van der Waals surface area contributed by atoms with E-state index in [1.54, 1.807) is 18.6 Å². The Labute approximate surface area is 206 Å². The predicted octanol–water partition coefficient (Wildman–Crippen LogP) is 3.39. The van der Waals surface area contributed by atoms with E-state index in [1.165, 1.54) is 0 Å². The maximum absolute atomic E-state index is 13.5. The van der Waals surface area contributed by atoms with Crippen molar-refractivity contribution in [2.24, 2.45) is 5.73 Å². The zero-order valence-electron chi connectivity index (χ0n) is 20.5. The van der Waals surface area contributed by atoms with Gasteiger partial charge in [0.1, 0.15) is 5.65 Å². The van der Waals surface area contributed by atoms with Crippen molar-refractivity contribution in [1.82, 2.24) is 25.3 Å². The Balaban J connectivity index is 1.33. The molecule has 0 aromatic carbocycles. The molecule has 9 nitrogen and oxygen atoms in total. The van der Waals surface area contributed by atoms with Crippen LogP contribution in [0.25, 0.3) is 11.0 Å². The van der Waals surface area contributed by atoms with Crippen LogP contribution in [-0.2, 0) is 6.42 Å². The van der Waals surface area contributed by atoms with E-state index in [2.05, 4.69) is 48.5 Å². The van der Waals surface area contributed by atoms with Gasteiger partial charge in [-0.2, -0.15) is 0 Å². The minimum Gasteiger partial charge on any atom is -0.381 e. The minimum absolute atomic E-state index is 0.0675. The van der Waals surface area contributed by atoms with Gasteiger partial charge in [-0.1, -0.05) is 13.3 Å². The Morgan fingerprint density at radius 2 is 1.83 bits per heavy atom. The molecule has 1 saturated carbocycles. The van der Waals surface area contributed by atoms with E-state index in [-0.39, 0.29) is 18.0 Å². The second kappa shape index (κ2) is 10.6. The summed E-state index contributed by atoms with van der Waals surface area (Å²) in [5, 5.41) is 7.98. The second-order valence-electron chi connectivity index (χ2n) is 9.89. The average Bonchev–Trinajstić information content (AvgIpc) is 3.30. The molecule has 1 saturated heterocycles. The van der Waals surface area contributed by atoms with Crippen molar-refractivity contribution in [3.05, 3.63) is 42.0 Å². The van der Waals surface area contributed by atoms with Crippen molar-refractivity contribution in [1.29, 1.82) is 0 Å². The molecule has 35 heavy (non-hydrogen) atoms. The Morgan fingerprint density at radius 1 is 1.09 bits per heavy atom. The molecule has 1 aliphatic carbocycles. The Bertz CT molecular complexity index is 1130. The summed E-state index contributed by atoms with van der Waals surface area (Å²) in [5.74, 6) is 0.683. The number of nitrogens with one attached hydrogen (secondary N) is 3. The summed E-state index contributed by atoms with van der Waals surface area (Å²) in [6.45, 7) is 3.80. The van der Waals surface area contributed by atoms with Crippen molar-refractivity contribution in [2.75, 3.05) is 23.3 Å². The molecular formula is C26H36N8O. The molecule has 0 spiro atoms. The van der Waals surface area contributed by atoms with Crippen LogP contribution in [0.3, 0.4) is 0 Å². The van der Waals surface area contributed by atoms with E-state index < -0.39 is 0 Å². The molecule has 3 aromatic heterocycles. The number of nitrogens with zero attached hydrogens (tertiary/aromatic N) is 4. The van der Waals surface area contributed by atoms with Crippen LogP contribution in [0.1, 0.15) is 67.9 Å². The van der Waals surface area contributed by atoms with Gasteiger partial charge < -0.3 is 26.3 Å². The molecule has 2 fully saturated rings. The van der Waals surface area contributed by atoms with Gasteiger partial charge in [-0.25, -0.2) is 15.0 Å². The van der Waals surface area contributed by atoms with E-state index in [0.29, 0.717) is 11.6 Å². The highest BCUT2D eigenvalue weighted by Gasteiger charge is 2.26. The molecule has 5 rings (SSSR count). The fraction of sp³-hybridized carbons (Fsp3) is 0.538. The van der Waals surface area contributed by atoms with Crippen molar-refractivity contribution in [3.63, 3.8) is 0 Å². The molecule has 0 bridgehead atoms. The SMILES string of the molecule is CCCc1cc2c(N[C@H]3CC[C@H](N)CC3)c(C(=O)NC3CCN(c4ncccn4)CC3)cnc2[nH]1. The van der Waals surface area contributed by atoms with Gasteiger partial charge in [-0.05, 0) is 57.1 Å². The third kappa shape index (κ3) is 5.40. The molecule has 9 heteroatoms. The first-order chi connectivity index (χ1) is 17.1. The van der Waals surface area contributed by atoms with Gasteiger partial charge in [0.25, 0.3) is 5.91 Å². The summed E-state index contributed by atoms with van der Waals surface area (Å²) in [6.07, 6.45) is 13.0. The number of aromatic nitrogens is 4. The monoisotopic (exact) mass is 476 g/mol. The first-order valence-electron chi connectivity index (χ1n) is 13.0. The van der Waals surface area contributed by atoms with Crippen molar-refractivity contribution < 1.29 is 4.79 Å². The third-order valence-electron chi connectivity index (χ3n) is 7.26. The predicted molar refractivity (Wildman–Crippen MR) is 139 cm³/mol. The number of hydrogen-bond donors (Lipinski definition) is 4. The summed E-state index contributed by atoms with van der Waals surface area (Å²) in [6, 6.07) is 4.68. The van der Waals surface area contributed by atoms with Crippen LogP contribution in [0.4, 0.5) is 11.6 Å². The lowest BCUT2D eigenvalue weighted by molar-refractivity contribution is 0.0931. The van der Waals surface area contributed by atoms with E-state index >= 15 is 0 Å². The maximum atomic E-state index is 13.5. The van der Waals surface area contributed by atoms with E-state index in [4.69, 9.17) is 5.73 Å². The molecule has 2 aliphatic rings. The highest BCUT2D eigenvalue weighted by molar-refractivity contribution is 6.07. The molecule has 0 atom stereocenters. The zero-order chi connectivity index (χ0) is 24.2. The van der Waals surface area contributed by atoms with Crippen LogP contribution < -0.4 is 21.3 Å². The van der Waals surface area contributed by atoms with Crippen molar-refractivity contribution in [2.45, 2.75) is 76.4 Å². The molecule has 0 unspecified atom stereocenters. The average molecular weight is 477 g/mol. The molecule has 1 aliphatic heterocycles. The quantitative estimate of drug-likeness (QED) is 0.412.